The van der Waals surface area contributed by atoms with Crippen molar-refractivity contribution < 1.29 is 13.6 Å². The topological polar surface area (TPSA) is 85.8 Å². The first-order valence-electron chi connectivity index (χ1n) is 10.9. The third kappa shape index (κ3) is 3.83. The molecule has 0 aliphatic rings. The number of nitrogens with zero attached hydrogens (tertiary/aromatic N) is 4. The van der Waals surface area contributed by atoms with Crippen LogP contribution in [0.25, 0.3) is 33.5 Å². The monoisotopic (exact) mass is 455 g/mol. The van der Waals surface area contributed by atoms with Gasteiger partial charge in [-0.3, -0.25) is 10.1 Å². The molecule has 7 nitrogen and oxygen atoms in total. The van der Waals surface area contributed by atoms with Crippen molar-refractivity contribution in [2.75, 3.05) is 5.32 Å². The van der Waals surface area contributed by atoms with E-state index in [9.17, 15) is 9.18 Å². The number of halogens is 1. The van der Waals surface area contributed by atoms with Gasteiger partial charge in [0.15, 0.2) is 5.65 Å². The quantitative estimate of drug-likeness (QED) is 0.349. The Kier molecular flexibility index (Phi) is 5.41. The van der Waals surface area contributed by atoms with Crippen molar-refractivity contribution in [3.05, 3.63) is 84.0 Å². The summed E-state index contributed by atoms with van der Waals surface area (Å²) in [6.45, 7) is 6.01. The minimum absolute atomic E-state index is 0.0260. The molecule has 0 bridgehead atoms. The van der Waals surface area contributed by atoms with Gasteiger partial charge in [0.2, 0.25) is 0 Å². The van der Waals surface area contributed by atoms with Crippen molar-refractivity contribution in [1.29, 1.82) is 0 Å². The average Bonchev–Trinajstić information content (AvgIpc) is 3.46. The van der Waals surface area contributed by atoms with Crippen molar-refractivity contribution in [2.24, 2.45) is 0 Å². The fourth-order valence-corrected chi connectivity index (χ4v) is 3.87. The summed E-state index contributed by atoms with van der Waals surface area (Å²) in [5, 5.41) is 7.75. The van der Waals surface area contributed by atoms with Crippen LogP contribution in [0, 0.1) is 12.7 Å². The predicted molar refractivity (Wildman–Crippen MR) is 128 cm³/mol. The van der Waals surface area contributed by atoms with E-state index in [1.54, 1.807) is 35.1 Å². The number of anilines is 1. The van der Waals surface area contributed by atoms with Crippen LogP contribution in [0.3, 0.4) is 0 Å². The number of hydrogen-bond donors (Lipinski definition) is 1. The van der Waals surface area contributed by atoms with Gasteiger partial charge in [0.1, 0.15) is 17.8 Å². The maximum atomic E-state index is 14.1. The van der Waals surface area contributed by atoms with Gasteiger partial charge >= 0.3 is 6.01 Å². The molecule has 3 aromatic heterocycles. The van der Waals surface area contributed by atoms with Crippen LogP contribution in [0.5, 0.6) is 0 Å². The molecule has 0 aliphatic heterocycles. The van der Waals surface area contributed by atoms with Crippen molar-refractivity contribution in [3.8, 4) is 22.5 Å². The molecule has 0 aliphatic carbocycles. The number of nitrogens with one attached hydrogen (secondary N) is 1. The molecule has 170 valence electrons. The summed E-state index contributed by atoms with van der Waals surface area (Å²) in [6, 6.07) is 15.9. The van der Waals surface area contributed by atoms with Crippen LogP contribution < -0.4 is 5.32 Å². The third-order valence-corrected chi connectivity index (χ3v) is 5.60. The zero-order valence-electron chi connectivity index (χ0n) is 18.9. The third-order valence-electron chi connectivity index (χ3n) is 5.60. The highest BCUT2D eigenvalue weighted by atomic mass is 19.1. The smallest absolute Gasteiger partial charge is 0.302 e. The number of amides is 1. The Morgan fingerprint density at radius 1 is 1.03 bits per heavy atom. The van der Waals surface area contributed by atoms with Gasteiger partial charge in [-0.2, -0.15) is 10.1 Å². The average molecular weight is 455 g/mol. The Bertz CT molecular complexity index is 1520. The molecule has 0 spiro atoms. The van der Waals surface area contributed by atoms with Crippen LogP contribution in [0.4, 0.5) is 10.4 Å². The first-order valence-corrected chi connectivity index (χ1v) is 10.9. The van der Waals surface area contributed by atoms with E-state index in [2.05, 4.69) is 15.4 Å². The molecule has 3 heterocycles. The number of rotatable bonds is 5. The number of benzene rings is 2. The van der Waals surface area contributed by atoms with Crippen molar-refractivity contribution >= 4 is 23.0 Å². The summed E-state index contributed by atoms with van der Waals surface area (Å²) >= 11 is 0. The number of oxazole rings is 1. The number of aryl methyl sites for hydroxylation is 1. The lowest BCUT2D eigenvalue weighted by Crippen LogP contribution is -2.14. The number of carbonyl (C=O) groups excluding carboxylic acids is 1. The molecule has 5 rings (SSSR count). The van der Waals surface area contributed by atoms with E-state index >= 15 is 0 Å². The molecule has 2 aromatic carbocycles. The zero-order chi connectivity index (χ0) is 23.8. The van der Waals surface area contributed by atoms with Crippen LogP contribution in [-0.4, -0.2) is 25.7 Å². The Morgan fingerprint density at radius 3 is 2.50 bits per heavy atom. The van der Waals surface area contributed by atoms with Crippen LogP contribution in [0.1, 0.15) is 35.8 Å². The van der Waals surface area contributed by atoms with Gasteiger partial charge in [0.05, 0.1) is 22.8 Å². The molecular formula is C26H22FN5O2. The van der Waals surface area contributed by atoms with Crippen LogP contribution in [0.2, 0.25) is 0 Å². The molecule has 5 aromatic rings. The molecule has 34 heavy (non-hydrogen) atoms. The second-order valence-electron chi connectivity index (χ2n) is 8.26. The van der Waals surface area contributed by atoms with Crippen molar-refractivity contribution in [1.82, 2.24) is 19.7 Å². The van der Waals surface area contributed by atoms with Crippen LogP contribution >= 0.6 is 0 Å². The van der Waals surface area contributed by atoms with Gasteiger partial charge in [-0.05, 0) is 44.5 Å². The standard InChI is InChI=1S/C26H22FN5O2/c1-15(2)32-24-20(13-28-32)19(12-22(29-24)17-9-5-4-8-16(17)3)25(33)31-26-30-23(14-34-26)18-10-6-7-11-21(18)27/h4-15H,1-3H3,(H,30,31,33). The molecule has 0 atom stereocenters. The lowest BCUT2D eigenvalue weighted by Gasteiger charge is -2.11. The second kappa shape index (κ2) is 8.55. The molecule has 0 saturated heterocycles. The Balaban J connectivity index is 1.56. The minimum Gasteiger partial charge on any atom is -0.431 e. The fourth-order valence-electron chi connectivity index (χ4n) is 3.87. The van der Waals surface area contributed by atoms with E-state index in [4.69, 9.17) is 9.40 Å². The summed E-state index contributed by atoms with van der Waals surface area (Å²) in [6.07, 6.45) is 2.95. The Labute approximate surface area is 195 Å². The molecule has 8 heteroatoms. The van der Waals surface area contributed by atoms with Gasteiger partial charge in [-0.25, -0.2) is 14.1 Å². The molecule has 0 unspecified atom stereocenters. The first kappa shape index (κ1) is 21.5. The number of fused-ring (bicyclic) bond motifs is 1. The zero-order valence-corrected chi connectivity index (χ0v) is 18.9. The van der Waals surface area contributed by atoms with E-state index in [0.717, 1.165) is 11.1 Å². The number of hydrogen-bond acceptors (Lipinski definition) is 5. The van der Waals surface area contributed by atoms with E-state index in [1.807, 2.05) is 45.0 Å². The lowest BCUT2D eigenvalue weighted by molar-refractivity contribution is 0.102. The normalized spacial score (nSPS) is 11.3. The SMILES string of the molecule is Cc1ccccc1-c1cc(C(=O)Nc2nc(-c3ccccc3F)co2)c2cnn(C(C)C)c2n1. The maximum Gasteiger partial charge on any atom is 0.302 e. The van der Waals surface area contributed by atoms with Gasteiger partial charge in [0.25, 0.3) is 5.91 Å². The predicted octanol–water partition coefficient (Wildman–Crippen LogP) is 6.03. The van der Waals surface area contributed by atoms with Gasteiger partial charge in [-0.1, -0.05) is 36.4 Å². The molecule has 1 amide bonds. The van der Waals surface area contributed by atoms with Crippen LogP contribution in [-0.2, 0) is 0 Å². The fraction of sp³-hybridized carbons (Fsp3) is 0.154. The number of aromatic nitrogens is 4. The van der Waals surface area contributed by atoms with Gasteiger partial charge in [-0.15, -0.1) is 0 Å². The highest BCUT2D eigenvalue weighted by molar-refractivity contribution is 6.12. The van der Waals surface area contributed by atoms with E-state index in [-0.39, 0.29) is 17.6 Å². The Hall–Kier alpha value is -4.33. The van der Waals surface area contributed by atoms with Crippen molar-refractivity contribution in [3.63, 3.8) is 0 Å². The Morgan fingerprint density at radius 2 is 1.76 bits per heavy atom. The lowest BCUT2D eigenvalue weighted by atomic mass is 10.0. The molecule has 0 radical (unpaired) electrons. The molecule has 0 saturated carbocycles. The molecular weight excluding hydrogens is 433 g/mol. The first-order chi connectivity index (χ1) is 16.4. The molecule has 1 N–H and O–H groups in total. The molecule has 0 fully saturated rings. The largest absolute Gasteiger partial charge is 0.431 e. The number of pyridine rings is 1. The van der Waals surface area contributed by atoms with E-state index in [1.165, 1.54) is 12.3 Å². The van der Waals surface area contributed by atoms with Gasteiger partial charge in [0, 0.05) is 17.2 Å². The summed E-state index contributed by atoms with van der Waals surface area (Å²) in [5.74, 6) is -0.846. The number of carbonyl (C=O) groups is 1. The summed E-state index contributed by atoms with van der Waals surface area (Å²) in [7, 11) is 0. The minimum atomic E-state index is -0.424. The second-order valence-corrected chi connectivity index (χ2v) is 8.26. The summed E-state index contributed by atoms with van der Waals surface area (Å²) < 4.78 is 21.3. The summed E-state index contributed by atoms with van der Waals surface area (Å²) in [5.41, 5.74) is 4.21. The van der Waals surface area contributed by atoms with Crippen molar-refractivity contribution in [2.45, 2.75) is 26.8 Å². The highest BCUT2D eigenvalue weighted by Gasteiger charge is 2.21. The van der Waals surface area contributed by atoms with E-state index in [0.29, 0.717) is 28.0 Å². The summed E-state index contributed by atoms with van der Waals surface area (Å²) in [4.78, 5) is 22.4. The van der Waals surface area contributed by atoms with Gasteiger partial charge < -0.3 is 4.42 Å². The maximum absolute atomic E-state index is 14.1. The van der Waals surface area contributed by atoms with Crippen LogP contribution in [0.15, 0.2) is 71.5 Å². The van der Waals surface area contributed by atoms with E-state index < -0.39 is 11.7 Å². The highest BCUT2D eigenvalue weighted by Crippen LogP contribution is 2.29.